The van der Waals surface area contributed by atoms with Gasteiger partial charge in [0.25, 0.3) is 5.91 Å². The van der Waals surface area contributed by atoms with E-state index in [0.29, 0.717) is 17.9 Å². The van der Waals surface area contributed by atoms with Gasteiger partial charge in [0.05, 0.1) is 12.3 Å². The summed E-state index contributed by atoms with van der Waals surface area (Å²) in [7, 11) is 1.73. The Kier molecular flexibility index (Phi) is 5.36. The average Bonchev–Trinajstić information content (AvgIpc) is 3.35. The molecule has 0 bridgehead atoms. The van der Waals surface area contributed by atoms with Crippen molar-refractivity contribution in [3.63, 3.8) is 0 Å². The summed E-state index contributed by atoms with van der Waals surface area (Å²) in [6.07, 6.45) is 4.24. The average molecular weight is 345 g/mol. The maximum Gasteiger partial charge on any atom is 0.269 e. The molecule has 1 aliphatic rings. The van der Waals surface area contributed by atoms with Gasteiger partial charge in [-0.05, 0) is 30.9 Å². The van der Waals surface area contributed by atoms with E-state index in [2.05, 4.69) is 10.4 Å². The zero-order valence-corrected chi connectivity index (χ0v) is 14.7. The maximum absolute atomic E-state index is 14.5. The summed E-state index contributed by atoms with van der Waals surface area (Å²) in [5.74, 6) is 0.325. The first-order valence-corrected chi connectivity index (χ1v) is 8.79. The van der Waals surface area contributed by atoms with Crippen molar-refractivity contribution in [3.8, 4) is 5.75 Å². The number of nitrogens with zero attached hydrogens (tertiary/aromatic N) is 2. The molecule has 25 heavy (non-hydrogen) atoms. The van der Waals surface area contributed by atoms with Gasteiger partial charge in [-0.3, -0.25) is 9.48 Å². The third kappa shape index (κ3) is 4.38. The first-order chi connectivity index (χ1) is 12.1. The number of benzene rings is 1. The Morgan fingerprint density at radius 2 is 2.24 bits per heavy atom. The molecular formula is C19H24FN3O2. The van der Waals surface area contributed by atoms with Crippen LogP contribution in [-0.4, -0.2) is 22.3 Å². The number of carbonyl (C=O) groups is 1. The van der Waals surface area contributed by atoms with E-state index in [1.54, 1.807) is 36.0 Å². The fourth-order valence-electron chi connectivity index (χ4n) is 2.72. The van der Waals surface area contributed by atoms with Gasteiger partial charge in [-0.1, -0.05) is 31.9 Å². The third-order valence-corrected chi connectivity index (χ3v) is 4.49. The van der Waals surface area contributed by atoms with E-state index >= 15 is 0 Å². The molecule has 1 saturated carbocycles. The van der Waals surface area contributed by atoms with E-state index in [4.69, 9.17) is 4.74 Å². The van der Waals surface area contributed by atoms with E-state index in [0.717, 1.165) is 24.5 Å². The van der Waals surface area contributed by atoms with Crippen LogP contribution in [0.2, 0.25) is 0 Å². The lowest BCUT2D eigenvalue weighted by Gasteiger charge is -2.11. The van der Waals surface area contributed by atoms with E-state index < -0.39 is 5.82 Å². The highest BCUT2D eigenvalue weighted by molar-refractivity contribution is 5.92. The molecular weight excluding hydrogens is 321 g/mol. The van der Waals surface area contributed by atoms with Crippen LogP contribution in [0.1, 0.15) is 47.9 Å². The van der Waals surface area contributed by atoms with Crippen molar-refractivity contribution >= 4 is 5.91 Å². The van der Waals surface area contributed by atoms with Gasteiger partial charge in [-0.2, -0.15) is 5.10 Å². The van der Waals surface area contributed by atoms with Crippen LogP contribution in [0.15, 0.2) is 24.3 Å². The molecule has 134 valence electrons. The summed E-state index contributed by atoms with van der Waals surface area (Å²) in [6, 6.07) is 6.78. The van der Waals surface area contributed by atoms with E-state index in [1.807, 2.05) is 6.92 Å². The van der Waals surface area contributed by atoms with Crippen molar-refractivity contribution in [2.45, 2.75) is 39.2 Å². The third-order valence-electron chi connectivity index (χ3n) is 4.49. The SMILES string of the molecule is CCc1cc(C(=O)NCc2cccc(OCCC3CC3)c2F)n(C)n1. The molecule has 1 amide bonds. The molecule has 1 heterocycles. The highest BCUT2D eigenvalue weighted by Gasteiger charge is 2.21. The van der Waals surface area contributed by atoms with Crippen molar-refractivity contribution in [1.29, 1.82) is 0 Å². The summed E-state index contributed by atoms with van der Waals surface area (Å²) in [5, 5.41) is 7.00. The summed E-state index contributed by atoms with van der Waals surface area (Å²) < 4.78 is 21.6. The predicted molar refractivity (Wildman–Crippen MR) is 93.0 cm³/mol. The fraction of sp³-hybridized carbons (Fsp3) is 0.474. The monoisotopic (exact) mass is 345 g/mol. The van der Waals surface area contributed by atoms with Crippen molar-refractivity contribution in [2.24, 2.45) is 13.0 Å². The van der Waals surface area contributed by atoms with Gasteiger partial charge < -0.3 is 10.1 Å². The number of nitrogens with one attached hydrogen (secondary N) is 1. The van der Waals surface area contributed by atoms with Crippen LogP contribution in [0.3, 0.4) is 0 Å². The quantitative estimate of drug-likeness (QED) is 0.799. The second kappa shape index (κ2) is 7.68. The number of hydrogen-bond acceptors (Lipinski definition) is 3. The number of halogens is 1. The van der Waals surface area contributed by atoms with Crippen LogP contribution in [0.5, 0.6) is 5.75 Å². The lowest BCUT2D eigenvalue weighted by atomic mass is 10.2. The number of carbonyl (C=O) groups excluding carboxylic acids is 1. The second-order valence-electron chi connectivity index (χ2n) is 6.49. The Morgan fingerprint density at radius 3 is 2.92 bits per heavy atom. The molecule has 3 rings (SSSR count). The minimum atomic E-state index is -0.405. The molecule has 0 radical (unpaired) electrons. The standard InChI is InChI=1S/C19H24FN3O2/c1-3-15-11-16(23(2)22-15)19(24)21-12-14-5-4-6-17(18(14)20)25-10-9-13-7-8-13/h4-6,11,13H,3,7-10,12H2,1-2H3,(H,21,24). The van der Waals surface area contributed by atoms with Gasteiger partial charge in [0.2, 0.25) is 0 Å². The Bertz CT molecular complexity index is 753. The summed E-state index contributed by atoms with van der Waals surface area (Å²) >= 11 is 0. The highest BCUT2D eigenvalue weighted by atomic mass is 19.1. The van der Waals surface area contributed by atoms with Gasteiger partial charge in [0, 0.05) is 19.2 Å². The van der Waals surface area contributed by atoms with Crippen LogP contribution in [0.4, 0.5) is 4.39 Å². The lowest BCUT2D eigenvalue weighted by molar-refractivity contribution is 0.0941. The molecule has 1 N–H and O–H groups in total. The summed E-state index contributed by atoms with van der Waals surface area (Å²) in [5.41, 5.74) is 1.73. The van der Waals surface area contributed by atoms with Crippen molar-refractivity contribution in [3.05, 3.63) is 47.0 Å². The van der Waals surface area contributed by atoms with Crippen LogP contribution in [-0.2, 0) is 20.0 Å². The molecule has 6 heteroatoms. The molecule has 1 fully saturated rings. The first kappa shape index (κ1) is 17.5. The van der Waals surface area contributed by atoms with Crippen molar-refractivity contribution in [2.75, 3.05) is 6.61 Å². The topological polar surface area (TPSA) is 56.1 Å². The number of hydrogen-bond donors (Lipinski definition) is 1. The summed E-state index contributed by atoms with van der Waals surface area (Å²) in [6.45, 7) is 2.62. The van der Waals surface area contributed by atoms with E-state index in [-0.39, 0.29) is 18.2 Å². The molecule has 1 aliphatic carbocycles. The Labute approximate surface area is 147 Å². The van der Waals surface area contributed by atoms with Crippen LogP contribution in [0, 0.1) is 11.7 Å². The van der Waals surface area contributed by atoms with Gasteiger partial charge in [-0.25, -0.2) is 4.39 Å². The first-order valence-electron chi connectivity index (χ1n) is 8.79. The van der Waals surface area contributed by atoms with Crippen molar-refractivity contribution < 1.29 is 13.9 Å². The molecule has 1 aromatic carbocycles. The van der Waals surface area contributed by atoms with E-state index in [9.17, 15) is 9.18 Å². The Balaban J connectivity index is 1.59. The molecule has 0 aliphatic heterocycles. The molecule has 0 atom stereocenters. The normalized spacial score (nSPS) is 13.7. The number of amides is 1. The van der Waals surface area contributed by atoms with Gasteiger partial charge in [0.1, 0.15) is 5.69 Å². The highest BCUT2D eigenvalue weighted by Crippen LogP contribution is 2.32. The largest absolute Gasteiger partial charge is 0.490 e. The molecule has 1 aromatic heterocycles. The molecule has 2 aromatic rings. The summed E-state index contributed by atoms with van der Waals surface area (Å²) in [4.78, 5) is 12.3. The lowest BCUT2D eigenvalue weighted by Crippen LogP contribution is -2.25. The number of aryl methyl sites for hydroxylation is 2. The van der Waals surface area contributed by atoms with Crippen LogP contribution in [0.25, 0.3) is 0 Å². The Hall–Kier alpha value is -2.37. The van der Waals surface area contributed by atoms with Crippen LogP contribution >= 0.6 is 0 Å². The zero-order valence-electron chi connectivity index (χ0n) is 14.7. The molecule has 0 saturated heterocycles. The van der Waals surface area contributed by atoms with Crippen LogP contribution < -0.4 is 10.1 Å². The number of aromatic nitrogens is 2. The zero-order chi connectivity index (χ0) is 17.8. The van der Waals surface area contributed by atoms with Crippen molar-refractivity contribution in [1.82, 2.24) is 15.1 Å². The fourth-order valence-corrected chi connectivity index (χ4v) is 2.72. The minimum Gasteiger partial charge on any atom is -0.490 e. The molecule has 0 unspecified atom stereocenters. The number of ether oxygens (including phenoxy) is 1. The maximum atomic E-state index is 14.5. The van der Waals surface area contributed by atoms with Gasteiger partial charge in [-0.15, -0.1) is 0 Å². The molecule has 0 spiro atoms. The number of rotatable bonds is 8. The van der Waals surface area contributed by atoms with Gasteiger partial charge >= 0.3 is 0 Å². The predicted octanol–water partition coefficient (Wildman–Crippen LogP) is 3.23. The van der Waals surface area contributed by atoms with Gasteiger partial charge in [0.15, 0.2) is 11.6 Å². The smallest absolute Gasteiger partial charge is 0.269 e. The molecule has 5 nitrogen and oxygen atoms in total. The van der Waals surface area contributed by atoms with E-state index in [1.165, 1.54) is 12.8 Å². The Morgan fingerprint density at radius 1 is 1.44 bits per heavy atom. The minimum absolute atomic E-state index is 0.108. The second-order valence-corrected chi connectivity index (χ2v) is 6.49.